The van der Waals surface area contributed by atoms with Crippen molar-refractivity contribution in [2.75, 3.05) is 26.3 Å². The van der Waals surface area contributed by atoms with Gasteiger partial charge in [0.2, 0.25) is 0 Å². The molecule has 0 aliphatic carbocycles. The SMILES string of the molecule is [N-]=[N+]=NCCOC1=NCCCO1. The average molecular weight is 170 g/mol. The number of hydrogen-bond donors (Lipinski definition) is 0. The second-order valence-electron chi connectivity index (χ2n) is 2.15. The van der Waals surface area contributed by atoms with Crippen molar-refractivity contribution in [3.8, 4) is 0 Å². The number of ether oxygens (including phenoxy) is 2. The van der Waals surface area contributed by atoms with E-state index in [1.807, 2.05) is 0 Å². The molecule has 0 aromatic heterocycles. The Morgan fingerprint density at radius 3 is 3.33 bits per heavy atom. The van der Waals surface area contributed by atoms with Crippen LogP contribution in [-0.4, -0.2) is 32.4 Å². The fourth-order valence-corrected chi connectivity index (χ4v) is 0.746. The zero-order chi connectivity index (χ0) is 8.65. The minimum absolute atomic E-state index is 0.304. The zero-order valence-electron chi connectivity index (χ0n) is 6.64. The van der Waals surface area contributed by atoms with Gasteiger partial charge in [-0.05, 0) is 5.53 Å². The molecule has 0 aromatic carbocycles. The van der Waals surface area contributed by atoms with E-state index in [2.05, 4.69) is 15.0 Å². The molecule has 1 aliphatic rings. The van der Waals surface area contributed by atoms with Gasteiger partial charge in [0.15, 0.2) is 0 Å². The molecule has 6 nitrogen and oxygen atoms in total. The highest BCUT2D eigenvalue weighted by Gasteiger charge is 2.05. The second-order valence-corrected chi connectivity index (χ2v) is 2.15. The Morgan fingerprint density at radius 1 is 1.75 bits per heavy atom. The zero-order valence-corrected chi connectivity index (χ0v) is 6.64. The lowest BCUT2D eigenvalue weighted by atomic mass is 10.4. The van der Waals surface area contributed by atoms with E-state index in [1.165, 1.54) is 0 Å². The standard InChI is InChI=1S/C6H10N4O2/c7-10-9-3-5-12-6-8-2-1-4-11-6/h1-5H2. The van der Waals surface area contributed by atoms with Gasteiger partial charge in [-0.2, -0.15) is 0 Å². The van der Waals surface area contributed by atoms with Crippen molar-refractivity contribution in [3.05, 3.63) is 10.4 Å². The van der Waals surface area contributed by atoms with Gasteiger partial charge >= 0.3 is 6.08 Å². The van der Waals surface area contributed by atoms with Gasteiger partial charge in [0.25, 0.3) is 0 Å². The van der Waals surface area contributed by atoms with Crippen LogP contribution in [-0.2, 0) is 9.47 Å². The summed E-state index contributed by atoms with van der Waals surface area (Å²) in [7, 11) is 0. The summed E-state index contributed by atoms with van der Waals surface area (Å²) < 4.78 is 10.1. The van der Waals surface area contributed by atoms with Crippen LogP contribution in [0.2, 0.25) is 0 Å². The van der Waals surface area contributed by atoms with Crippen molar-refractivity contribution in [2.45, 2.75) is 6.42 Å². The van der Waals surface area contributed by atoms with Crippen LogP contribution in [0.5, 0.6) is 0 Å². The number of aliphatic imine (C=N–C) groups is 1. The van der Waals surface area contributed by atoms with Crippen LogP contribution >= 0.6 is 0 Å². The molecule has 0 fully saturated rings. The third-order valence-electron chi connectivity index (χ3n) is 1.25. The van der Waals surface area contributed by atoms with Gasteiger partial charge in [0.1, 0.15) is 0 Å². The normalized spacial score (nSPS) is 15.5. The van der Waals surface area contributed by atoms with Crippen LogP contribution in [0.3, 0.4) is 0 Å². The van der Waals surface area contributed by atoms with Crippen LogP contribution in [0.15, 0.2) is 10.1 Å². The first-order valence-electron chi connectivity index (χ1n) is 3.74. The molecule has 1 rings (SSSR count). The van der Waals surface area contributed by atoms with E-state index in [-0.39, 0.29) is 0 Å². The maximum absolute atomic E-state index is 7.94. The van der Waals surface area contributed by atoms with Crippen molar-refractivity contribution < 1.29 is 9.47 Å². The molecule has 1 heterocycles. The molecule has 0 aromatic rings. The highest BCUT2D eigenvalue weighted by Crippen LogP contribution is 1.97. The molecule has 6 heteroatoms. The lowest BCUT2D eigenvalue weighted by Crippen LogP contribution is -2.17. The van der Waals surface area contributed by atoms with E-state index in [1.54, 1.807) is 0 Å². The predicted molar refractivity (Wildman–Crippen MR) is 42.8 cm³/mol. The van der Waals surface area contributed by atoms with E-state index in [0.29, 0.717) is 25.8 Å². The van der Waals surface area contributed by atoms with Crippen LogP contribution < -0.4 is 0 Å². The molecule has 0 unspecified atom stereocenters. The third-order valence-corrected chi connectivity index (χ3v) is 1.25. The van der Waals surface area contributed by atoms with Gasteiger partial charge in [-0.1, -0.05) is 5.11 Å². The maximum atomic E-state index is 7.94. The van der Waals surface area contributed by atoms with Crippen molar-refractivity contribution in [1.29, 1.82) is 0 Å². The van der Waals surface area contributed by atoms with Crippen LogP contribution in [0.4, 0.5) is 0 Å². The first kappa shape index (κ1) is 8.67. The van der Waals surface area contributed by atoms with Gasteiger partial charge in [0, 0.05) is 17.9 Å². The Morgan fingerprint density at radius 2 is 2.67 bits per heavy atom. The molecule has 0 bridgehead atoms. The van der Waals surface area contributed by atoms with Crippen molar-refractivity contribution in [3.63, 3.8) is 0 Å². The molecular formula is C6H10N4O2. The number of azide groups is 1. The molecule has 0 spiro atoms. The highest BCUT2D eigenvalue weighted by atomic mass is 16.7. The quantitative estimate of drug-likeness (QED) is 0.275. The number of hydrogen-bond acceptors (Lipinski definition) is 4. The Balaban J connectivity index is 2.13. The first-order chi connectivity index (χ1) is 5.93. The summed E-state index contributed by atoms with van der Waals surface area (Å²) >= 11 is 0. The Hall–Kier alpha value is -1.42. The minimum atomic E-state index is 0.304. The minimum Gasteiger partial charge on any atom is -0.451 e. The Bertz CT molecular complexity index is 210. The number of rotatable bonds is 3. The summed E-state index contributed by atoms with van der Waals surface area (Å²) in [5.41, 5.74) is 7.94. The van der Waals surface area contributed by atoms with E-state index < -0.39 is 0 Å². The molecule has 0 radical (unpaired) electrons. The summed E-state index contributed by atoms with van der Waals surface area (Å²) in [5.74, 6) is 0. The van der Waals surface area contributed by atoms with Crippen molar-refractivity contribution in [2.24, 2.45) is 10.1 Å². The van der Waals surface area contributed by atoms with Gasteiger partial charge < -0.3 is 9.47 Å². The van der Waals surface area contributed by atoms with Crippen molar-refractivity contribution >= 4 is 6.08 Å². The summed E-state index contributed by atoms with van der Waals surface area (Å²) in [6.45, 7) is 2.03. The van der Waals surface area contributed by atoms with Crippen LogP contribution in [0.25, 0.3) is 10.4 Å². The first-order valence-corrected chi connectivity index (χ1v) is 3.74. The molecule has 66 valence electrons. The Kier molecular flexibility index (Phi) is 3.80. The van der Waals surface area contributed by atoms with E-state index in [9.17, 15) is 0 Å². The summed E-state index contributed by atoms with van der Waals surface area (Å²) in [6, 6.07) is 0. The van der Waals surface area contributed by atoms with Gasteiger partial charge in [-0.3, -0.25) is 0 Å². The lowest BCUT2D eigenvalue weighted by molar-refractivity contribution is 0.155. The van der Waals surface area contributed by atoms with Gasteiger partial charge in [0.05, 0.1) is 19.8 Å². The topological polar surface area (TPSA) is 79.6 Å². The fourth-order valence-electron chi connectivity index (χ4n) is 0.746. The second kappa shape index (κ2) is 5.26. The van der Waals surface area contributed by atoms with E-state index in [0.717, 1.165) is 13.0 Å². The number of nitrogens with zero attached hydrogens (tertiary/aromatic N) is 4. The maximum Gasteiger partial charge on any atom is 0.383 e. The molecule has 1 aliphatic heterocycles. The largest absolute Gasteiger partial charge is 0.451 e. The molecule has 0 saturated carbocycles. The molecule has 0 amide bonds. The van der Waals surface area contributed by atoms with Crippen molar-refractivity contribution in [1.82, 2.24) is 0 Å². The third kappa shape index (κ3) is 3.12. The fraction of sp³-hybridized carbons (Fsp3) is 0.833. The molecular weight excluding hydrogens is 160 g/mol. The van der Waals surface area contributed by atoms with Gasteiger partial charge in [-0.25, -0.2) is 4.99 Å². The molecule has 0 atom stereocenters. The smallest absolute Gasteiger partial charge is 0.383 e. The summed E-state index contributed by atoms with van der Waals surface area (Å²) in [4.78, 5) is 6.55. The van der Waals surface area contributed by atoms with Crippen LogP contribution in [0, 0.1) is 0 Å². The lowest BCUT2D eigenvalue weighted by Gasteiger charge is -2.12. The average Bonchev–Trinajstić information content (AvgIpc) is 2.14. The predicted octanol–water partition coefficient (Wildman–Crippen LogP) is 1.09. The Labute approximate surface area is 69.8 Å². The molecule has 0 N–H and O–H groups in total. The van der Waals surface area contributed by atoms with E-state index >= 15 is 0 Å². The highest BCUT2D eigenvalue weighted by molar-refractivity contribution is 5.67. The molecule has 0 saturated heterocycles. The monoisotopic (exact) mass is 170 g/mol. The van der Waals surface area contributed by atoms with E-state index in [4.69, 9.17) is 15.0 Å². The summed E-state index contributed by atoms with van der Waals surface area (Å²) in [6.07, 6.45) is 1.25. The summed E-state index contributed by atoms with van der Waals surface area (Å²) in [5, 5.41) is 3.30. The molecule has 12 heavy (non-hydrogen) atoms. The van der Waals surface area contributed by atoms with Crippen LogP contribution in [0.1, 0.15) is 6.42 Å². The van der Waals surface area contributed by atoms with Gasteiger partial charge in [-0.15, -0.1) is 0 Å².